The van der Waals surface area contributed by atoms with E-state index in [0.29, 0.717) is 22.9 Å². The molecule has 1 aliphatic heterocycles. The van der Waals surface area contributed by atoms with E-state index in [2.05, 4.69) is 15.0 Å². The van der Waals surface area contributed by atoms with Gasteiger partial charge in [0.05, 0.1) is 4.90 Å². The molecule has 2 heterocycles. The summed E-state index contributed by atoms with van der Waals surface area (Å²) in [7, 11) is -3.48. The third-order valence-corrected chi connectivity index (χ3v) is 5.40. The Hall–Kier alpha value is -1.50. The monoisotopic (exact) mass is 305 g/mol. The molecule has 0 aliphatic carbocycles. The lowest BCUT2D eigenvalue weighted by Crippen LogP contribution is -2.30. The minimum atomic E-state index is -3.48. The van der Waals surface area contributed by atoms with E-state index in [4.69, 9.17) is 0 Å². The van der Waals surface area contributed by atoms with Crippen molar-refractivity contribution in [1.29, 1.82) is 0 Å². The summed E-state index contributed by atoms with van der Waals surface area (Å²) in [6.45, 7) is 1.50. The summed E-state index contributed by atoms with van der Waals surface area (Å²) in [5, 5.41) is 4.91. The fourth-order valence-electron chi connectivity index (χ4n) is 2.78. The van der Waals surface area contributed by atoms with E-state index in [9.17, 15) is 8.42 Å². The van der Waals surface area contributed by atoms with Crippen LogP contribution in [0.15, 0.2) is 41.6 Å². The van der Waals surface area contributed by atoms with Crippen LogP contribution >= 0.6 is 0 Å². The predicted octanol–water partition coefficient (Wildman–Crippen LogP) is 1.66. The molecule has 2 aromatic rings. The molecule has 0 radical (unpaired) electrons. The largest absolute Gasteiger partial charge is 0.314 e. The normalized spacial score (nSPS) is 19.1. The van der Waals surface area contributed by atoms with Crippen LogP contribution in [0.4, 0.5) is 0 Å². The van der Waals surface area contributed by atoms with Crippen LogP contribution in [0.1, 0.15) is 19.3 Å². The van der Waals surface area contributed by atoms with E-state index in [0.717, 1.165) is 24.8 Å². The molecule has 1 aliphatic rings. The van der Waals surface area contributed by atoms with Gasteiger partial charge in [0.1, 0.15) is 0 Å². The van der Waals surface area contributed by atoms with E-state index in [1.807, 2.05) is 6.07 Å². The molecule has 1 aromatic carbocycles. The van der Waals surface area contributed by atoms with E-state index in [-0.39, 0.29) is 0 Å². The van der Waals surface area contributed by atoms with Gasteiger partial charge in [-0.3, -0.25) is 4.98 Å². The summed E-state index contributed by atoms with van der Waals surface area (Å²) in [6, 6.07) is 7.42. The van der Waals surface area contributed by atoms with Crippen LogP contribution in [0, 0.1) is 0 Å². The Morgan fingerprint density at radius 3 is 3.05 bits per heavy atom. The van der Waals surface area contributed by atoms with Gasteiger partial charge in [0, 0.05) is 35.8 Å². The minimum Gasteiger partial charge on any atom is -0.314 e. The van der Waals surface area contributed by atoms with Crippen molar-refractivity contribution in [1.82, 2.24) is 15.0 Å². The zero-order chi connectivity index (χ0) is 14.7. The van der Waals surface area contributed by atoms with Gasteiger partial charge in [-0.1, -0.05) is 12.1 Å². The zero-order valence-electron chi connectivity index (χ0n) is 11.7. The Balaban J connectivity index is 1.76. The first-order valence-corrected chi connectivity index (χ1v) is 8.71. The van der Waals surface area contributed by atoms with Gasteiger partial charge in [-0.15, -0.1) is 0 Å². The maximum Gasteiger partial charge on any atom is 0.241 e. The summed E-state index contributed by atoms with van der Waals surface area (Å²) in [5.74, 6) is 0. The summed E-state index contributed by atoms with van der Waals surface area (Å²) < 4.78 is 27.6. The van der Waals surface area contributed by atoms with Gasteiger partial charge >= 0.3 is 0 Å². The van der Waals surface area contributed by atoms with Gasteiger partial charge in [0.2, 0.25) is 10.0 Å². The summed E-state index contributed by atoms with van der Waals surface area (Å²) in [5.41, 5.74) is 0. The average Bonchev–Trinajstić information content (AvgIpc) is 3.00. The van der Waals surface area contributed by atoms with E-state index < -0.39 is 10.0 Å². The Morgan fingerprint density at radius 2 is 2.24 bits per heavy atom. The molecule has 0 unspecified atom stereocenters. The van der Waals surface area contributed by atoms with Crippen LogP contribution in [-0.4, -0.2) is 32.5 Å². The van der Waals surface area contributed by atoms with Gasteiger partial charge < -0.3 is 5.32 Å². The molecule has 0 saturated carbocycles. The van der Waals surface area contributed by atoms with Gasteiger partial charge in [-0.05, 0) is 37.9 Å². The molecule has 2 N–H and O–H groups in total. The first kappa shape index (κ1) is 14.4. The van der Waals surface area contributed by atoms with Gasteiger partial charge in [0.15, 0.2) is 0 Å². The Bertz CT molecular complexity index is 719. The van der Waals surface area contributed by atoms with Crippen LogP contribution in [-0.2, 0) is 10.0 Å². The fourth-order valence-corrected chi connectivity index (χ4v) is 4.05. The molecular weight excluding hydrogens is 286 g/mol. The molecular formula is C15H19N3O2S. The quantitative estimate of drug-likeness (QED) is 0.881. The van der Waals surface area contributed by atoms with Crippen molar-refractivity contribution in [2.75, 3.05) is 13.1 Å². The maximum atomic E-state index is 12.5. The molecule has 0 amide bonds. The first-order valence-electron chi connectivity index (χ1n) is 7.22. The molecule has 1 atom stereocenters. The Kier molecular flexibility index (Phi) is 4.19. The number of nitrogens with zero attached hydrogens (tertiary/aromatic N) is 1. The highest BCUT2D eigenvalue weighted by Crippen LogP contribution is 2.21. The van der Waals surface area contributed by atoms with E-state index in [1.54, 1.807) is 30.6 Å². The van der Waals surface area contributed by atoms with Gasteiger partial charge in [-0.2, -0.15) is 0 Å². The van der Waals surface area contributed by atoms with Crippen molar-refractivity contribution >= 4 is 20.8 Å². The smallest absolute Gasteiger partial charge is 0.241 e. The average molecular weight is 305 g/mol. The number of hydrogen-bond donors (Lipinski definition) is 2. The predicted molar refractivity (Wildman–Crippen MR) is 82.6 cm³/mol. The molecule has 0 spiro atoms. The Labute approximate surface area is 124 Å². The highest BCUT2D eigenvalue weighted by molar-refractivity contribution is 7.89. The van der Waals surface area contributed by atoms with E-state index >= 15 is 0 Å². The molecule has 5 nitrogen and oxygen atoms in total. The number of hydrogen-bond acceptors (Lipinski definition) is 4. The standard InChI is InChI=1S/C15H19N3O2S/c19-21(20,18-10-6-13-4-2-8-17-13)15-5-1-3-12-11-16-9-7-14(12)15/h1,3,5,7,9,11,13,17-18H,2,4,6,8,10H2/t13-/m1/s1. The number of fused-ring (bicyclic) bond motifs is 1. The highest BCUT2D eigenvalue weighted by atomic mass is 32.2. The molecule has 0 bridgehead atoms. The van der Waals surface area contributed by atoms with Crippen LogP contribution in [0.2, 0.25) is 0 Å². The third-order valence-electron chi connectivity index (χ3n) is 3.88. The second-order valence-corrected chi connectivity index (χ2v) is 7.07. The summed E-state index contributed by atoms with van der Waals surface area (Å²) >= 11 is 0. The number of pyridine rings is 1. The number of aromatic nitrogens is 1. The summed E-state index contributed by atoms with van der Waals surface area (Å²) in [4.78, 5) is 4.35. The number of rotatable bonds is 5. The maximum absolute atomic E-state index is 12.5. The number of nitrogens with one attached hydrogen (secondary N) is 2. The second kappa shape index (κ2) is 6.09. The van der Waals surface area contributed by atoms with Crippen LogP contribution in [0.3, 0.4) is 0 Å². The lowest BCUT2D eigenvalue weighted by Gasteiger charge is -2.12. The van der Waals surface area contributed by atoms with Crippen molar-refractivity contribution in [2.45, 2.75) is 30.2 Å². The van der Waals surface area contributed by atoms with Crippen molar-refractivity contribution in [3.05, 3.63) is 36.7 Å². The minimum absolute atomic E-state index is 0.321. The van der Waals surface area contributed by atoms with Gasteiger partial charge in [-0.25, -0.2) is 13.1 Å². The van der Waals surface area contributed by atoms with Crippen molar-refractivity contribution in [2.24, 2.45) is 0 Å². The van der Waals surface area contributed by atoms with Crippen LogP contribution in [0.25, 0.3) is 10.8 Å². The molecule has 21 heavy (non-hydrogen) atoms. The molecule has 6 heteroatoms. The first-order chi connectivity index (χ1) is 10.2. The second-order valence-electron chi connectivity index (χ2n) is 5.33. The highest BCUT2D eigenvalue weighted by Gasteiger charge is 2.18. The van der Waals surface area contributed by atoms with Gasteiger partial charge in [0.25, 0.3) is 0 Å². The van der Waals surface area contributed by atoms with Crippen molar-refractivity contribution < 1.29 is 8.42 Å². The molecule has 1 fully saturated rings. The molecule has 112 valence electrons. The molecule has 3 rings (SSSR count). The number of benzene rings is 1. The lowest BCUT2D eigenvalue weighted by molar-refractivity contribution is 0.540. The Morgan fingerprint density at radius 1 is 1.33 bits per heavy atom. The molecule has 1 aromatic heterocycles. The number of sulfonamides is 1. The lowest BCUT2D eigenvalue weighted by atomic mass is 10.2. The topological polar surface area (TPSA) is 71.1 Å². The third kappa shape index (κ3) is 3.23. The van der Waals surface area contributed by atoms with Crippen LogP contribution < -0.4 is 10.0 Å². The van der Waals surface area contributed by atoms with Crippen LogP contribution in [0.5, 0.6) is 0 Å². The molecule has 1 saturated heterocycles. The fraction of sp³-hybridized carbons (Fsp3) is 0.400. The zero-order valence-corrected chi connectivity index (χ0v) is 12.6. The van der Waals surface area contributed by atoms with E-state index in [1.165, 1.54) is 6.42 Å². The van der Waals surface area contributed by atoms with Crippen molar-refractivity contribution in [3.63, 3.8) is 0 Å². The summed E-state index contributed by atoms with van der Waals surface area (Å²) in [6.07, 6.45) is 6.42. The SMILES string of the molecule is O=S(=O)(NCC[C@H]1CCCN1)c1cccc2cnccc12. The van der Waals surface area contributed by atoms with Crippen molar-refractivity contribution in [3.8, 4) is 0 Å².